The molecule has 0 bridgehead atoms. The fourth-order valence-corrected chi connectivity index (χ4v) is 2.21. The summed E-state index contributed by atoms with van der Waals surface area (Å²) in [6, 6.07) is 0. The summed E-state index contributed by atoms with van der Waals surface area (Å²) < 4.78 is 12.0. The maximum atomic E-state index is 6.01. The van der Waals surface area contributed by atoms with E-state index in [0.717, 1.165) is 32.5 Å². The van der Waals surface area contributed by atoms with Crippen molar-refractivity contribution >= 4 is 0 Å². The van der Waals surface area contributed by atoms with Crippen molar-refractivity contribution in [1.82, 2.24) is 0 Å². The quantitative estimate of drug-likeness (QED) is 0.708. The summed E-state index contributed by atoms with van der Waals surface area (Å²) in [6.45, 7) is 15.0. The standard InChI is InChI=1S/C14H28O2/c1-7-12(3,4)11-14(13(5,6)8-2)15-9-10-16-14/h7-11H2,1-6H3. The Morgan fingerprint density at radius 3 is 1.81 bits per heavy atom. The van der Waals surface area contributed by atoms with Crippen LogP contribution < -0.4 is 0 Å². The molecule has 0 spiro atoms. The van der Waals surface area contributed by atoms with E-state index in [1.807, 2.05) is 0 Å². The fourth-order valence-electron chi connectivity index (χ4n) is 2.21. The minimum Gasteiger partial charge on any atom is -0.347 e. The van der Waals surface area contributed by atoms with Crippen LogP contribution in [0.2, 0.25) is 0 Å². The molecule has 0 aromatic rings. The number of ether oxygens (including phenoxy) is 2. The Morgan fingerprint density at radius 2 is 1.44 bits per heavy atom. The van der Waals surface area contributed by atoms with Crippen LogP contribution in [0.15, 0.2) is 0 Å². The summed E-state index contributed by atoms with van der Waals surface area (Å²) in [6.07, 6.45) is 3.21. The van der Waals surface area contributed by atoms with Crippen molar-refractivity contribution < 1.29 is 9.47 Å². The number of rotatable bonds is 5. The van der Waals surface area contributed by atoms with E-state index in [9.17, 15) is 0 Å². The molecule has 1 aliphatic heterocycles. The Balaban J connectivity index is 2.90. The van der Waals surface area contributed by atoms with Gasteiger partial charge in [-0.2, -0.15) is 0 Å². The molecule has 1 saturated heterocycles. The topological polar surface area (TPSA) is 18.5 Å². The molecule has 96 valence electrons. The maximum Gasteiger partial charge on any atom is 0.173 e. The molecule has 0 amide bonds. The largest absolute Gasteiger partial charge is 0.347 e. The molecule has 0 saturated carbocycles. The van der Waals surface area contributed by atoms with Crippen LogP contribution in [-0.2, 0) is 9.47 Å². The first-order valence-corrected chi connectivity index (χ1v) is 6.56. The zero-order chi connectivity index (χ0) is 12.4. The predicted octanol–water partition coefficient (Wildman–Crippen LogP) is 3.99. The lowest BCUT2D eigenvalue weighted by Gasteiger charge is -2.45. The van der Waals surface area contributed by atoms with E-state index < -0.39 is 0 Å². The average molecular weight is 228 g/mol. The van der Waals surface area contributed by atoms with Crippen molar-refractivity contribution in [3.05, 3.63) is 0 Å². The van der Waals surface area contributed by atoms with Crippen molar-refractivity contribution in [3.8, 4) is 0 Å². The number of hydrogen-bond acceptors (Lipinski definition) is 2. The van der Waals surface area contributed by atoms with Crippen molar-refractivity contribution in [2.45, 2.75) is 66.6 Å². The molecule has 0 atom stereocenters. The highest BCUT2D eigenvalue weighted by atomic mass is 16.7. The van der Waals surface area contributed by atoms with E-state index in [2.05, 4.69) is 41.5 Å². The first-order valence-electron chi connectivity index (χ1n) is 6.56. The van der Waals surface area contributed by atoms with Gasteiger partial charge in [0.05, 0.1) is 13.2 Å². The van der Waals surface area contributed by atoms with E-state index in [-0.39, 0.29) is 16.6 Å². The molecule has 0 radical (unpaired) electrons. The van der Waals surface area contributed by atoms with Gasteiger partial charge in [-0.1, -0.05) is 48.0 Å². The second-order valence-corrected chi connectivity index (χ2v) is 6.38. The Kier molecular flexibility index (Phi) is 4.07. The molecular weight excluding hydrogens is 200 g/mol. The fraction of sp³-hybridized carbons (Fsp3) is 1.00. The van der Waals surface area contributed by atoms with E-state index in [1.165, 1.54) is 0 Å². The lowest BCUT2D eigenvalue weighted by Crippen LogP contribution is -2.48. The summed E-state index contributed by atoms with van der Waals surface area (Å²) in [4.78, 5) is 0. The Hall–Kier alpha value is -0.0800. The molecule has 0 N–H and O–H groups in total. The van der Waals surface area contributed by atoms with Crippen LogP contribution in [0, 0.1) is 10.8 Å². The minimum atomic E-state index is -0.374. The van der Waals surface area contributed by atoms with Crippen molar-refractivity contribution in [1.29, 1.82) is 0 Å². The Morgan fingerprint density at radius 1 is 0.938 bits per heavy atom. The van der Waals surface area contributed by atoms with Crippen LogP contribution in [0.3, 0.4) is 0 Å². The van der Waals surface area contributed by atoms with Gasteiger partial charge in [-0.25, -0.2) is 0 Å². The molecule has 1 heterocycles. The molecule has 0 unspecified atom stereocenters. The lowest BCUT2D eigenvalue weighted by atomic mass is 9.71. The summed E-state index contributed by atoms with van der Waals surface area (Å²) in [5, 5.41) is 0. The van der Waals surface area contributed by atoms with Gasteiger partial charge in [0.15, 0.2) is 5.79 Å². The minimum absolute atomic E-state index is 0.0793. The summed E-state index contributed by atoms with van der Waals surface area (Å²) in [5.41, 5.74) is 0.354. The zero-order valence-corrected chi connectivity index (χ0v) is 11.9. The second-order valence-electron chi connectivity index (χ2n) is 6.38. The molecule has 2 nitrogen and oxygen atoms in total. The Bertz CT molecular complexity index is 225. The summed E-state index contributed by atoms with van der Waals surface area (Å²) in [5.74, 6) is -0.374. The van der Waals surface area contributed by atoms with E-state index >= 15 is 0 Å². The molecule has 0 aromatic heterocycles. The van der Waals surface area contributed by atoms with Gasteiger partial charge in [-0.3, -0.25) is 0 Å². The van der Waals surface area contributed by atoms with E-state index in [0.29, 0.717) is 0 Å². The van der Waals surface area contributed by atoms with Crippen molar-refractivity contribution in [2.75, 3.05) is 13.2 Å². The molecule has 0 aliphatic carbocycles. The zero-order valence-electron chi connectivity index (χ0n) is 11.9. The normalized spacial score (nSPS) is 21.4. The third-order valence-electron chi connectivity index (χ3n) is 4.34. The summed E-state index contributed by atoms with van der Waals surface area (Å²) in [7, 11) is 0. The third kappa shape index (κ3) is 2.60. The van der Waals surface area contributed by atoms with Crippen LogP contribution in [0.25, 0.3) is 0 Å². The molecule has 0 aromatic carbocycles. The molecule has 1 rings (SSSR count). The van der Waals surface area contributed by atoms with Gasteiger partial charge in [0.2, 0.25) is 0 Å². The van der Waals surface area contributed by atoms with Gasteiger partial charge >= 0.3 is 0 Å². The van der Waals surface area contributed by atoms with Gasteiger partial charge in [-0.15, -0.1) is 0 Å². The van der Waals surface area contributed by atoms with Crippen molar-refractivity contribution in [3.63, 3.8) is 0 Å². The highest BCUT2D eigenvalue weighted by Gasteiger charge is 2.51. The van der Waals surface area contributed by atoms with Crippen LogP contribution in [-0.4, -0.2) is 19.0 Å². The van der Waals surface area contributed by atoms with Crippen LogP contribution >= 0.6 is 0 Å². The Labute approximate surface area is 101 Å². The van der Waals surface area contributed by atoms with E-state index in [4.69, 9.17) is 9.47 Å². The SMILES string of the molecule is CCC(C)(C)CC1(C(C)(C)CC)OCCO1. The molecular formula is C14H28O2. The molecule has 16 heavy (non-hydrogen) atoms. The first kappa shape index (κ1) is 14.0. The monoisotopic (exact) mass is 228 g/mol. The van der Waals surface area contributed by atoms with Gasteiger partial charge in [0, 0.05) is 11.8 Å². The second kappa shape index (κ2) is 4.66. The highest BCUT2D eigenvalue weighted by Crippen LogP contribution is 2.48. The van der Waals surface area contributed by atoms with Gasteiger partial charge in [0.25, 0.3) is 0 Å². The molecule has 1 fully saturated rings. The third-order valence-corrected chi connectivity index (χ3v) is 4.34. The van der Waals surface area contributed by atoms with Gasteiger partial charge in [0.1, 0.15) is 0 Å². The van der Waals surface area contributed by atoms with E-state index in [1.54, 1.807) is 0 Å². The molecule has 1 aliphatic rings. The van der Waals surface area contributed by atoms with Crippen LogP contribution in [0.4, 0.5) is 0 Å². The maximum absolute atomic E-state index is 6.01. The first-order chi connectivity index (χ1) is 7.29. The average Bonchev–Trinajstić information content (AvgIpc) is 2.67. The molecule has 2 heteroatoms. The van der Waals surface area contributed by atoms with Crippen LogP contribution in [0.5, 0.6) is 0 Å². The predicted molar refractivity (Wildman–Crippen MR) is 67.4 cm³/mol. The van der Waals surface area contributed by atoms with Gasteiger partial charge < -0.3 is 9.47 Å². The van der Waals surface area contributed by atoms with Crippen molar-refractivity contribution in [2.24, 2.45) is 10.8 Å². The highest BCUT2D eigenvalue weighted by molar-refractivity contribution is 4.92. The number of hydrogen-bond donors (Lipinski definition) is 0. The van der Waals surface area contributed by atoms with Gasteiger partial charge in [-0.05, 0) is 11.8 Å². The summed E-state index contributed by atoms with van der Waals surface area (Å²) >= 11 is 0. The smallest absolute Gasteiger partial charge is 0.173 e. The lowest BCUT2D eigenvalue weighted by molar-refractivity contribution is -0.245. The van der Waals surface area contributed by atoms with Crippen LogP contribution in [0.1, 0.15) is 60.8 Å².